The minimum atomic E-state index is -0.264. The quantitative estimate of drug-likeness (QED) is 0.726. The first-order valence-electron chi connectivity index (χ1n) is 10.4. The van der Waals surface area contributed by atoms with Gasteiger partial charge in [0.25, 0.3) is 11.8 Å². The molecule has 0 bridgehead atoms. The van der Waals surface area contributed by atoms with Gasteiger partial charge in [0, 0.05) is 13.1 Å². The van der Waals surface area contributed by atoms with E-state index in [1.165, 1.54) is 4.90 Å². The molecular weight excluding hydrogens is 376 g/mol. The molecule has 0 radical (unpaired) electrons. The van der Waals surface area contributed by atoms with Crippen molar-refractivity contribution in [1.82, 2.24) is 4.90 Å². The van der Waals surface area contributed by atoms with Gasteiger partial charge in [-0.25, -0.2) is 4.90 Å². The van der Waals surface area contributed by atoms with E-state index < -0.39 is 0 Å². The van der Waals surface area contributed by atoms with E-state index in [1.54, 1.807) is 0 Å². The topological polar surface area (TPSA) is 49.9 Å². The molecule has 4 rings (SSSR count). The maximum atomic E-state index is 13.7. The van der Waals surface area contributed by atoms with Gasteiger partial charge >= 0.3 is 0 Å². The van der Waals surface area contributed by atoms with Crippen LogP contribution >= 0.6 is 0 Å². The van der Waals surface area contributed by atoms with Gasteiger partial charge in [-0.1, -0.05) is 42.0 Å². The molecule has 0 N–H and O–H groups in total. The monoisotopic (exact) mass is 404 g/mol. The molecule has 2 amide bonds. The summed E-state index contributed by atoms with van der Waals surface area (Å²) < 4.78 is 5.87. The Kier molecular flexibility index (Phi) is 5.24. The molecule has 2 aromatic rings. The van der Waals surface area contributed by atoms with Gasteiger partial charge in [0.2, 0.25) is 0 Å². The fraction of sp³-hybridized carbons (Fsp3) is 0.360. The zero-order chi connectivity index (χ0) is 21.6. The van der Waals surface area contributed by atoms with E-state index in [0.29, 0.717) is 30.0 Å². The van der Waals surface area contributed by atoms with Gasteiger partial charge in [-0.15, -0.1) is 0 Å². The van der Waals surface area contributed by atoms with Crippen LogP contribution < -0.4 is 4.90 Å². The SMILES string of the molecule is Cc1ccc(C2=C(N3CC(C)OC(C)C3)C(=O)N(c3cc(C)ccc3C)C2=O)cc1. The van der Waals surface area contributed by atoms with Crippen LogP contribution in [0, 0.1) is 20.8 Å². The summed E-state index contributed by atoms with van der Waals surface area (Å²) >= 11 is 0. The van der Waals surface area contributed by atoms with Gasteiger partial charge in [-0.2, -0.15) is 0 Å². The van der Waals surface area contributed by atoms with E-state index in [9.17, 15) is 9.59 Å². The summed E-state index contributed by atoms with van der Waals surface area (Å²) in [6.07, 6.45) is -0.0312. The summed E-state index contributed by atoms with van der Waals surface area (Å²) in [5.41, 5.74) is 5.39. The third-order valence-electron chi connectivity index (χ3n) is 5.74. The minimum Gasteiger partial charge on any atom is -0.372 e. The van der Waals surface area contributed by atoms with Crippen molar-refractivity contribution in [2.24, 2.45) is 0 Å². The Labute approximate surface area is 177 Å². The van der Waals surface area contributed by atoms with Crippen LogP contribution in [0.25, 0.3) is 5.57 Å². The molecule has 0 spiro atoms. The van der Waals surface area contributed by atoms with Gasteiger partial charge in [-0.05, 0) is 57.4 Å². The number of amides is 2. The van der Waals surface area contributed by atoms with Gasteiger partial charge in [0.15, 0.2) is 0 Å². The summed E-state index contributed by atoms with van der Waals surface area (Å²) in [6, 6.07) is 13.7. The molecule has 2 aromatic carbocycles. The Balaban J connectivity index is 1.86. The summed E-state index contributed by atoms with van der Waals surface area (Å²) in [4.78, 5) is 30.8. The van der Waals surface area contributed by atoms with E-state index >= 15 is 0 Å². The highest BCUT2D eigenvalue weighted by Crippen LogP contribution is 2.37. The lowest BCUT2D eigenvalue weighted by molar-refractivity contribution is -0.121. The average molecular weight is 405 g/mol. The highest BCUT2D eigenvalue weighted by Gasteiger charge is 2.44. The average Bonchev–Trinajstić information content (AvgIpc) is 2.94. The maximum absolute atomic E-state index is 13.7. The second-order valence-electron chi connectivity index (χ2n) is 8.49. The Morgan fingerprint density at radius 1 is 0.833 bits per heavy atom. The zero-order valence-corrected chi connectivity index (χ0v) is 18.2. The first kappa shape index (κ1) is 20.4. The van der Waals surface area contributed by atoms with Gasteiger partial charge in [0.1, 0.15) is 5.70 Å². The van der Waals surface area contributed by atoms with Crippen molar-refractivity contribution in [1.29, 1.82) is 0 Å². The van der Waals surface area contributed by atoms with Crippen LogP contribution in [0.4, 0.5) is 5.69 Å². The van der Waals surface area contributed by atoms with Crippen LogP contribution in [0.15, 0.2) is 48.2 Å². The number of benzene rings is 2. The first-order valence-corrected chi connectivity index (χ1v) is 10.4. The van der Waals surface area contributed by atoms with Crippen molar-refractivity contribution in [2.45, 2.75) is 46.8 Å². The van der Waals surface area contributed by atoms with E-state index in [1.807, 2.05) is 82.0 Å². The lowest BCUT2D eigenvalue weighted by atomic mass is 10.0. The fourth-order valence-corrected chi connectivity index (χ4v) is 4.33. The lowest BCUT2D eigenvalue weighted by Crippen LogP contribution is -2.47. The molecule has 5 nitrogen and oxygen atoms in total. The van der Waals surface area contributed by atoms with E-state index in [0.717, 1.165) is 22.3 Å². The molecule has 2 heterocycles. The highest BCUT2D eigenvalue weighted by molar-refractivity contribution is 6.45. The van der Waals surface area contributed by atoms with Crippen molar-refractivity contribution in [3.05, 3.63) is 70.4 Å². The van der Waals surface area contributed by atoms with Crippen molar-refractivity contribution < 1.29 is 14.3 Å². The predicted octanol–water partition coefficient (Wildman–Crippen LogP) is 4.01. The Bertz CT molecular complexity index is 1030. The van der Waals surface area contributed by atoms with Crippen molar-refractivity contribution in [2.75, 3.05) is 18.0 Å². The summed E-state index contributed by atoms with van der Waals surface area (Å²) in [7, 11) is 0. The minimum absolute atomic E-state index is 0.0156. The summed E-state index contributed by atoms with van der Waals surface area (Å²) in [5.74, 6) is -0.523. The number of aryl methyl sites for hydroxylation is 3. The number of imide groups is 1. The first-order chi connectivity index (χ1) is 14.3. The Morgan fingerprint density at radius 2 is 1.43 bits per heavy atom. The molecule has 0 saturated carbocycles. The molecule has 156 valence electrons. The van der Waals surface area contributed by atoms with Crippen LogP contribution in [0.1, 0.15) is 36.1 Å². The van der Waals surface area contributed by atoms with Crippen LogP contribution in [0.2, 0.25) is 0 Å². The van der Waals surface area contributed by atoms with Crippen LogP contribution in [0.5, 0.6) is 0 Å². The lowest BCUT2D eigenvalue weighted by Gasteiger charge is -2.37. The highest BCUT2D eigenvalue weighted by atomic mass is 16.5. The Morgan fingerprint density at radius 3 is 2.07 bits per heavy atom. The number of morpholine rings is 1. The van der Waals surface area contributed by atoms with Crippen molar-refractivity contribution in [3.8, 4) is 0 Å². The van der Waals surface area contributed by atoms with Crippen molar-refractivity contribution >= 4 is 23.1 Å². The predicted molar refractivity (Wildman–Crippen MR) is 118 cm³/mol. The van der Waals surface area contributed by atoms with Gasteiger partial charge < -0.3 is 9.64 Å². The molecule has 2 unspecified atom stereocenters. The molecule has 1 saturated heterocycles. The smallest absolute Gasteiger partial charge is 0.282 e. The molecule has 2 aliphatic rings. The number of hydrogen-bond donors (Lipinski definition) is 0. The van der Waals surface area contributed by atoms with Crippen molar-refractivity contribution in [3.63, 3.8) is 0 Å². The van der Waals surface area contributed by atoms with E-state index in [-0.39, 0.29) is 24.0 Å². The number of ether oxygens (including phenoxy) is 1. The molecule has 30 heavy (non-hydrogen) atoms. The number of carbonyl (C=O) groups excluding carboxylic acids is 2. The third kappa shape index (κ3) is 3.54. The molecule has 1 fully saturated rings. The molecule has 0 aliphatic carbocycles. The molecular formula is C25H28N2O3. The number of anilines is 1. The zero-order valence-electron chi connectivity index (χ0n) is 18.2. The maximum Gasteiger partial charge on any atom is 0.282 e. The number of hydrogen-bond acceptors (Lipinski definition) is 4. The summed E-state index contributed by atoms with van der Waals surface area (Å²) in [5, 5.41) is 0. The molecule has 2 atom stereocenters. The van der Waals surface area contributed by atoms with Crippen LogP contribution in [-0.2, 0) is 14.3 Å². The van der Waals surface area contributed by atoms with Crippen LogP contribution in [-0.4, -0.2) is 42.0 Å². The standard InChI is InChI=1S/C25H28N2O3/c1-15-7-10-20(11-8-15)22-23(26-13-18(4)30-19(5)14-26)25(29)27(24(22)28)21-12-16(2)6-9-17(21)3/h6-12,18-19H,13-14H2,1-5H3. The number of carbonyl (C=O) groups is 2. The van der Waals surface area contributed by atoms with Gasteiger partial charge in [0.05, 0.1) is 23.5 Å². The number of nitrogens with zero attached hydrogens (tertiary/aromatic N) is 2. The second-order valence-corrected chi connectivity index (χ2v) is 8.49. The third-order valence-corrected chi connectivity index (χ3v) is 5.74. The molecule has 2 aliphatic heterocycles. The molecule has 5 heteroatoms. The fourth-order valence-electron chi connectivity index (χ4n) is 4.33. The Hall–Kier alpha value is -2.92. The largest absolute Gasteiger partial charge is 0.372 e. The van der Waals surface area contributed by atoms with Gasteiger partial charge in [-0.3, -0.25) is 9.59 Å². The normalized spacial score (nSPS) is 22.3. The number of rotatable bonds is 3. The summed E-state index contributed by atoms with van der Waals surface area (Å²) in [6.45, 7) is 11.1. The molecule has 0 aromatic heterocycles. The van der Waals surface area contributed by atoms with E-state index in [4.69, 9.17) is 4.74 Å². The van der Waals surface area contributed by atoms with Crippen LogP contribution in [0.3, 0.4) is 0 Å². The van der Waals surface area contributed by atoms with E-state index in [2.05, 4.69) is 0 Å². The second kappa shape index (κ2) is 7.73.